The Morgan fingerprint density at radius 2 is 1.35 bits per heavy atom. The van der Waals surface area contributed by atoms with Crippen LogP contribution in [0.25, 0.3) is 0 Å². The predicted molar refractivity (Wildman–Crippen MR) is 137 cm³/mol. The Balaban J connectivity index is 2.56. The van der Waals surface area contributed by atoms with Gasteiger partial charge in [0.2, 0.25) is 0 Å². The number of hydrogen-bond donors (Lipinski definition) is 0. The van der Waals surface area contributed by atoms with E-state index in [9.17, 15) is 19.2 Å². The van der Waals surface area contributed by atoms with Gasteiger partial charge in [-0.1, -0.05) is 13.3 Å². The van der Waals surface area contributed by atoms with Crippen molar-refractivity contribution in [2.75, 3.05) is 6.61 Å². The minimum atomic E-state index is -1.11. The van der Waals surface area contributed by atoms with Crippen LogP contribution in [0.2, 0.25) is 0 Å². The maximum absolute atomic E-state index is 13.1. The number of esters is 3. The minimum absolute atomic E-state index is 0.00133. The monoisotopic (exact) mass is 523 g/mol. The predicted octanol–water partition coefficient (Wildman–Crippen LogP) is 4.17. The van der Waals surface area contributed by atoms with E-state index < -0.39 is 58.7 Å². The van der Waals surface area contributed by atoms with E-state index in [2.05, 4.69) is 0 Å². The number of nitrogens with zero attached hydrogens (tertiary/aromatic N) is 1. The number of rotatable bonds is 6. The first-order valence-corrected chi connectivity index (χ1v) is 13.1. The van der Waals surface area contributed by atoms with Crippen LogP contribution >= 0.6 is 0 Å². The largest absolute Gasteiger partial charge is 0.455 e. The Morgan fingerprint density at radius 1 is 0.865 bits per heavy atom. The fourth-order valence-corrected chi connectivity index (χ4v) is 3.87. The highest BCUT2D eigenvalue weighted by Gasteiger charge is 2.52. The normalized spacial score (nSPS) is 27.0. The van der Waals surface area contributed by atoms with Crippen LogP contribution in [0.5, 0.6) is 0 Å². The van der Waals surface area contributed by atoms with E-state index in [0.717, 1.165) is 6.42 Å². The molecule has 0 N–H and O–H groups in total. The van der Waals surface area contributed by atoms with Gasteiger partial charge in [-0.15, -0.1) is 0 Å². The van der Waals surface area contributed by atoms with Gasteiger partial charge in [0.25, 0.3) is 0 Å². The number of hydrogen-bond acceptors (Lipinski definition) is 9. The van der Waals surface area contributed by atoms with Crippen molar-refractivity contribution in [1.29, 1.82) is 0 Å². The number of carbonyl (C=O) groups is 4. The summed E-state index contributed by atoms with van der Waals surface area (Å²) in [5, 5.41) is 0. The zero-order valence-corrected chi connectivity index (χ0v) is 24.1. The van der Waals surface area contributed by atoms with Gasteiger partial charge in [0, 0.05) is 18.7 Å². The molecule has 0 bridgehead atoms. The number of allylic oxidation sites excluding steroid dienone is 1. The molecule has 5 atom stereocenters. The number of ether oxygens (including phenoxy) is 4. The molecule has 0 aromatic heterocycles. The fourth-order valence-electron chi connectivity index (χ4n) is 3.87. The summed E-state index contributed by atoms with van der Waals surface area (Å²) in [5.41, 5.74) is -2.52. The molecule has 0 saturated carbocycles. The second kappa shape index (κ2) is 11.5. The van der Waals surface area contributed by atoms with Crippen LogP contribution in [-0.4, -0.2) is 65.8 Å². The van der Waals surface area contributed by atoms with Crippen molar-refractivity contribution in [2.24, 2.45) is 16.2 Å². The highest BCUT2D eigenvalue weighted by Crippen LogP contribution is 2.34. The first-order valence-electron chi connectivity index (χ1n) is 13.1. The van der Waals surface area contributed by atoms with Gasteiger partial charge in [-0.25, -0.2) is 0 Å². The summed E-state index contributed by atoms with van der Waals surface area (Å²) in [6.45, 7) is 17.4. The van der Waals surface area contributed by atoms with Crippen molar-refractivity contribution in [1.82, 2.24) is 4.90 Å². The average Bonchev–Trinajstić information content (AvgIpc) is 2.74. The molecule has 2 aliphatic heterocycles. The Hall–Kier alpha value is -2.42. The Kier molecular flexibility index (Phi) is 9.61. The van der Waals surface area contributed by atoms with Gasteiger partial charge in [-0.3, -0.25) is 19.2 Å². The molecule has 5 unspecified atom stereocenters. The minimum Gasteiger partial charge on any atom is -0.455 e. The van der Waals surface area contributed by atoms with Crippen LogP contribution in [-0.2, 0) is 38.1 Å². The fraction of sp³-hybridized carbons (Fsp3) is 0.786. The van der Waals surface area contributed by atoms with Crippen molar-refractivity contribution < 1.29 is 38.1 Å². The van der Waals surface area contributed by atoms with E-state index in [1.807, 2.05) is 11.8 Å². The average molecular weight is 524 g/mol. The zero-order chi connectivity index (χ0) is 28.3. The van der Waals surface area contributed by atoms with Gasteiger partial charge >= 0.3 is 17.9 Å². The lowest BCUT2D eigenvalue weighted by Gasteiger charge is -2.48. The van der Waals surface area contributed by atoms with Crippen molar-refractivity contribution in [3.63, 3.8) is 0 Å². The van der Waals surface area contributed by atoms with Crippen molar-refractivity contribution in [3.8, 4) is 0 Å². The molecule has 0 radical (unpaired) electrons. The summed E-state index contributed by atoms with van der Waals surface area (Å²) in [6.07, 6.45) is 0.887. The second-order valence-corrected chi connectivity index (χ2v) is 13.0. The first-order chi connectivity index (χ1) is 16.9. The lowest BCUT2D eigenvalue weighted by molar-refractivity contribution is -0.256. The molecule has 1 saturated heterocycles. The first kappa shape index (κ1) is 30.8. The van der Waals surface area contributed by atoms with Crippen molar-refractivity contribution in [2.45, 2.75) is 119 Å². The number of carbonyl (C=O) groups excluding carboxylic acids is 4. The SMILES string of the molecule is CCCC1CC(=O)C=CN1C1OCC(OC(=O)C(C)(C)C)C(OC(=O)C(C)(C)C)C1OC(=O)C(C)(C)C. The molecule has 0 aromatic carbocycles. The topological polar surface area (TPSA) is 108 Å². The van der Waals surface area contributed by atoms with E-state index in [0.29, 0.717) is 12.8 Å². The molecule has 9 nitrogen and oxygen atoms in total. The van der Waals surface area contributed by atoms with Gasteiger partial charge in [0.15, 0.2) is 30.3 Å². The maximum Gasteiger partial charge on any atom is 0.311 e. The Morgan fingerprint density at radius 3 is 1.84 bits per heavy atom. The standard InChI is InChI=1S/C28H45NO8/c1-11-12-17-15-18(30)13-14-29(17)22-21(37-25(33)28(8,9)10)20(36-24(32)27(5,6)7)19(16-34-22)35-23(31)26(2,3)4/h13-14,17,19-22H,11-12,15-16H2,1-10H3. The van der Waals surface area contributed by atoms with Gasteiger partial charge in [-0.2, -0.15) is 0 Å². The van der Waals surface area contributed by atoms with Gasteiger partial charge in [0.05, 0.1) is 22.9 Å². The van der Waals surface area contributed by atoms with Gasteiger partial charge in [0.1, 0.15) is 0 Å². The van der Waals surface area contributed by atoms with Gasteiger partial charge in [-0.05, 0) is 74.8 Å². The molecule has 2 aliphatic rings. The lowest BCUT2D eigenvalue weighted by Crippen LogP contribution is -2.64. The van der Waals surface area contributed by atoms with Crippen molar-refractivity contribution in [3.05, 3.63) is 12.3 Å². The third-order valence-corrected chi connectivity index (χ3v) is 6.19. The summed E-state index contributed by atoms with van der Waals surface area (Å²) >= 11 is 0. The lowest BCUT2D eigenvalue weighted by atomic mass is 9.93. The van der Waals surface area contributed by atoms with Crippen molar-refractivity contribution >= 4 is 23.7 Å². The molecule has 2 rings (SSSR count). The van der Waals surface area contributed by atoms with Gasteiger partial charge < -0.3 is 23.8 Å². The summed E-state index contributed by atoms with van der Waals surface area (Å²) in [6, 6.07) is -0.184. The molecule has 9 heteroatoms. The Labute approximate surface area is 221 Å². The molecule has 1 fully saturated rings. The smallest absolute Gasteiger partial charge is 0.311 e. The third-order valence-electron chi connectivity index (χ3n) is 6.19. The molecule has 0 spiro atoms. The molecule has 2 heterocycles. The van der Waals surface area contributed by atoms with Crippen LogP contribution in [0.3, 0.4) is 0 Å². The number of ketones is 1. The molecule has 37 heavy (non-hydrogen) atoms. The van der Waals surface area contributed by atoms with Crippen LogP contribution in [0.15, 0.2) is 12.3 Å². The second-order valence-electron chi connectivity index (χ2n) is 13.0. The summed E-state index contributed by atoms with van der Waals surface area (Å²) < 4.78 is 23.9. The molecular weight excluding hydrogens is 478 g/mol. The quantitative estimate of drug-likeness (QED) is 0.374. The molecule has 210 valence electrons. The molecule has 0 aliphatic carbocycles. The summed E-state index contributed by atoms with van der Waals surface area (Å²) in [5.74, 6) is -1.54. The highest BCUT2D eigenvalue weighted by atomic mass is 16.6. The maximum atomic E-state index is 13.1. The third kappa shape index (κ3) is 8.03. The van der Waals surface area contributed by atoms with Crippen LogP contribution in [0.4, 0.5) is 0 Å². The molecular formula is C28H45NO8. The Bertz CT molecular complexity index is 889. The highest BCUT2D eigenvalue weighted by molar-refractivity contribution is 5.90. The van der Waals surface area contributed by atoms with Crippen LogP contribution < -0.4 is 0 Å². The van der Waals surface area contributed by atoms with E-state index in [4.69, 9.17) is 18.9 Å². The zero-order valence-electron chi connectivity index (χ0n) is 24.1. The van der Waals surface area contributed by atoms with E-state index in [1.165, 1.54) is 6.08 Å². The van der Waals surface area contributed by atoms with E-state index in [1.54, 1.807) is 68.5 Å². The molecule has 0 amide bonds. The summed E-state index contributed by atoms with van der Waals surface area (Å²) in [7, 11) is 0. The van der Waals surface area contributed by atoms with Crippen LogP contribution in [0, 0.1) is 16.2 Å². The van der Waals surface area contributed by atoms with E-state index in [-0.39, 0.29) is 18.4 Å². The van der Waals surface area contributed by atoms with E-state index >= 15 is 0 Å². The summed E-state index contributed by atoms with van der Waals surface area (Å²) in [4.78, 5) is 53.1. The van der Waals surface area contributed by atoms with Crippen LogP contribution in [0.1, 0.15) is 88.5 Å². The molecule has 0 aromatic rings.